The largest absolute Gasteiger partial charge is 0.484 e. The van der Waals surface area contributed by atoms with Gasteiger partial charge in [-0.2, -0.15) is 0 Å². The van der Waals surface area contributed by atoms with Crippen molar-refractivity contribution in [3.05, 3.63) is 101 Å². The van der Waals surface area contributed by atoms with Crippen molar-refractivity contribution in [2.75, 3.05) is 13.7 Å². The number of benzene rings is 3. The lowest BCUT2D eigenvalue weighted by Crippen LogP contribution is -2.31. The van der Waals surface area contributed by atoms with E-state index in [4.69, 9.17) is 16.3 Å². The topological polar surface area (TPSA) is 46.6 Å². The summed E-state index contributed by atoms with van der Waals surface area (Å²) < 4.78 is 5.56. The Morgan fingerprint density at radius 1 is 0.857 bits per heavy atom. The third kappa shape index (κ3) is 4.99. The third-order valence-electron chi connectivity index (χ3n) is 4.31. The summed E-state index contributed by atoms with van der Waals surface area (Å²) in [6.07, 6.45) is 0. The Bertz CT molecular complexity index is 955. The van der Waals surface area contributed by atoms with Gasteiger partial charge in [-0.1, -0.05) is 60.1 Å². The number of halogens is 1. The summed E-state index contributed by atoms with van der Waals surface area (Å²) in [7, 11) is 1.71. The number of hydrogen-bond acceptors (Lipinski definition) is 3. The molecule has 0 saturated carbocycles. The van der Waals surface area contributed by atoms with Gasteiger partial charge in [-0.15, -0.1) is 0 Å². The number of carbonyl (C=O) groups excluding carboxylic acids is 2. The van der Waals surface area contributed by atoms with E-state index < -0.39 is 0 Å². The number of hydrogen-bond donors (Lipinski definition) is 0. The molecule has 0 aliphatic carbocycles. The molecule has 0 radical (unpaired) electrons. The Hall–Kier alpha value is -3.11. The summed E-state index contributed by atoms with van der Waals surface area (Å²) in [5.74, 6) is 0.316. The molecule has 4 nitrogen and oxygen atoms in total. The van der Waals surface area contributed by atoms with E-state index in [0.717, 1.165) is 5.56 Å². The molecule has 0 spiro atoms. The fourth-order valence-electron chi connectivity index (χ4n) is 2.68. The number of nitrogens with zero attached hydrogens (tertiary/aromatic N) is 1. The van der Waals surface area contributed by atoms with Crippen molar-refractivity contribution < 1.29 is 14.3 Å². The Morgan fingerprint density at radius 3 is 2.14 bits per heavy atom. The minimum Gasteiger partial charge on any atom is -0.484 e. The number of likely N-dealkylation sites (N-methyl/N-ethyl adjacent to an activating group) is 1. The normalized spacial score (nSPS) is 10.4. The van der Waals surface area contributed by atoms with Crippen LogP contribution >= 0.6 is 11.6 Å². The Morgan fingerprint density at radius 2 is 1.46 bits per heavy atom. The molecule has 0 aromatic heterocycles. The number of rotatable bonds is 7. The van der Waals surface area contributed by atoms with E-state index in [1.54, 1.807) is 54.4 Å². The average Bonchev–Trinajstić information content (AvgIpc) is 2.74. The molecular weight excluding hydrogens is 374 g/mol. The lowest BCUT2D eigenvalue weighted by molar-refractivity contribution is -0.132. The zero-order chi connectivity index (χ0) is 19.9. The maximum absolute atomic E-state index is 12.4. The van der Waals surface area contributed by atoms with E-state index in [9.17, 15) is 9.59 Å². The zero-order valence-corrected chi connectivity index (χ0v) is 16.2. The Kier molecular flexibility index (Phi) is 6.45. The van der Waals surface area contributed by atoms with E-state index >= 15 is 0 Å². The highest BCUT2D eigenvalue weighted by Gasteiger charge is 2.13. The first kappa shape index (κ1) is 19.6. The van der Waals surface area contributed by atoms with Crippen LogP contribution in [0.15, 0.2) is 78.9 Å². The van der Waals surface area contributed by atoms with Gasteiger partial charge in [0.05, 0.1) is 0 Å². The van der Waals surface area contributed by atoms with Crippen LogP contribution in [0.3, 0.4) is 0 Å². The predicted octanol–water partition coefficient (Wildman–Crippen LogP) is 4.61. The van der Waals surface area contributed by atoms with Crippen LogP contribution in [0.1, 0.15) is 21.5 Å². The summed E-state index contributed by atoms with van der Waals surface area (Å²) >= 11 is 6.13. The summed E-state index contributed by atoms with van der Waals surface area (Å²) in [4.78, 5) is 26.3. The molecule has 142 valence electrons. The molecular formula is C23H20ClNO3. The van der Waals surface area contributed by atoms with Crippen LogP contribution in [0.2, 0.25) is 5.02 Å². The van der Waals surface area contributed by atoms with Crippen molar-refractivity contribution >= 4 is 23.3 Å². The van der Waals surface area contributed by atoms with Gasteiger partial charge in [-0.3, -0.25) is 9.59 Å². The van der Waals surface area contributed by atoms with Crippen LogP contribution in [0.5, 0.6) is 5.75 Å². The van der Waals surface area contributed by atoms with E-state index in [1.807, 2.05) is 36.4 Å². The molecule has 1 amide bonds. The van der Waals surface area contributed by atoms with Gasteiger partial charge in [0.15, 0.2) is 12.4 Å². The molecule has 0 bridgehead atoms. The Balaban J connectivity index is 1.55. The summed E-state index contributed by atoms with van der Waals surface area (Å²) in [5.41, 5.74) is 2.08. The minimum atomic E-state index is -0.163. The fraction of sp³-hybridized carbons (Fsp3) is 0.130. The van der Waals surface area contributed by atoms with Gasteiger partial charge in [-0.05, 0) is 35.9 Å². The molecule has 3 aromatic carbocycles. The first-order valence-corrected chi connectivity index (χ1v) is 9.22. The van der Waals surface area contributed by atoms with Crippen LogP contribution in [-0.4, -0.2) is 30.2 Å². The van der Waals surface area contributed by atoms with Crippen molar-refractivity contribution in [3.63, 3.8) is 0 Å². The summed E-state index contributed by atoms with van der Waals surface area (Å²) in [6.45, 7) is 0.319. The molecule has 0 aliphatic rings. The SMILES string of the molecule is CN(Cc1ccccc1Cl)C(=O)COc1ccc(C(=O)c2ccccc2)cc1. The van der Waals surface area contributed by atoms with Gasteiger partial charge in [0.25, 0.3) is 5.91 Å². The van der Waals surface area contributed by atoms with Crippen LogP contribution < -0.4 is 4.74 Å². The number of ether oxygens (including phenoxy) is 1. The second-order valence-corrected chi connectivity index (χ2v) is 6.76. The smallest absolute Gasteiger partial charge is 0.260 e. The summed E-state index contributed by atoms with van der Waals surface area (Å²) in [6, 6.07) is 23.3. The molecule has 0 N–H and O–H groups in total. The lowest BCUT2D eigenvalue weighted by Gasteiger charge is -2.18. The highest BCUT2D eigenvalue weighted by Crippen LogP contribution is 2.18. The van der Waals surface area contributed by atoms with Gasteiger partial charge < -0.3 is 9.64 Å². The van der Waals surface area contributed by atoms with Crippen LogP contribution in [0.25, 0.3) is 0 Å². The highest BCUT2D eigenvalue weighted by atomic mass is 35.5. The van der Waals surface area contributed by atoms with Gasteiger partial charge in [0.1, 0.15) is 5.75 Å². The van der Waals surface area contributed by atoms with E-state index in [-0.39, 0.29) is 18.3 Å². The van der Waals surface area contributed by atoms with Gasteiger partial charge in [0.2, 0.25) is 0 Å². The molecule has 3 aromatic rings. The van der Waals surface area contributed by atoms with E-state index in [1.165, 1.54) is 0 Å². The monoisotopic (exact) mass is 393 g/mol. The van der Waals surface area contributed by atoms with Gasteiger partial charge in [-0.25, -0.2) is 0 Å². The maximum atomic E-state index is 12.4. The van der Waals surface area contributed by atoms with E-state index in [2.05, 4.69) is 0 Å². The zero-order valence-electron chi connectivity index (χ0n) is 15.5. The van der Waals surface area contributed by atoms with Gasteiger partial charge in [0, 0.05) is 29.7 Å². The third-order valence-corrected chi connectivity index (χ3v) is 4.67. The number of amides is 1. The molecule has 0 unspecified atom stereocenters. The second-order valence-electron chi connectivity index (χ2n) is 6.35. The second kappa shape index (κ2) is 9.20. The number of ketones is 1. The first-order chi connectivity index (χ1) is 13.5. The maximum Gasteiger partial charge on any atom is 0.260 e. The van der Waals surface area contributed by atoms with Crippen LogP contribution in [0.4, 0.5) is 0 Å². The number of carbonyl (C=O) groups is 2. The molecule has 3 rings (SSSR count). The van der Waals surface area contributed by atoms with Crippen molar-refractivity contribution in [1.82, 2.24) is 4.90 Å². The molecule has 0 saturated heterocycles. The average molecular weight is 394 g/mol. The fourth-order valence-corrected chi connectivity index (χ4v) is 2.88. The molecule has 5 heteroatoms. The van der Waals surface area contributed by atoms with Crippen LogP contribution in [-0.2, 0) is 11.3 Å². The quantitative estimate of drug-likeness (QED) is 0.551. The molecule has 0 fully saturated rings. The minimum absolute atomic E-state index is 0.0531. The van der Waals surface area contributed by atoms with Crippen molar-refractivity contribution in [2.24, 2.45) is 0 Å². The van der Waals surface area contributed by atoms with Crippen molar-refractivity contribution in [2.45, 2.75) is 6.54 Å². The lowest BCUT2D eigenvalue weighted by atomic mass is 10.0. The van der Waals surface area contributed by atoms with Crippen molar-refractivity contribution in [1.29, 1.82) is 0 Å². The molecule has 28 heavy (non-hydrogen) atoms. The van der Waals surface area contributed by atoms with Crippen molar-refractivity contribution in [3.8, 4) is 5.75 Å². The van der Waals surface area contributed by atoms with Crippen LogP contribution in [0, 0.1) is 0 Å². The first-order valence-electron chi connectivity index (χ1n) is 8.84. The molecule has 0 heterocycles. The molecule has 0 atom stereocenters. The highest BCUT2D eigenvalue weighted by molar-refractivity contribution is 6.31. The Labute approximate surface area is 169 Å². The summed E-state index contributed by atoms with van der Waals surface area (Å²) in [5, 5.41) is 0.627. The standard InChI is InChI=1S/C23H20ClNO3/c1-25(15-19-9-5-6-10-21(19)24)22(26)16-28-20-13-11-18(12-14-20)23(27)17-7-3-2-4-8-17/h2-14H,15-16H2,1H3. The predicted molar refractivity (Wildman–Crippen MR) is 110 cm³/mol. The van der Waals surface area contributed by atoms with Gasteiger partial charge >= 0.3 is 0 Å². The van der Waals surface area contributed by atoms with E-state index in [0.29, 0.717) is 28.4 Å². The molecule has 0 aliphatic heterocycles.